The lowest BCUT2D eigenvalue weighted by Crippen LogP contribution is -2.15. The Bertz CT molecular complexity index is 718. The van der Waals surface area contributed by atoms with Gasteiger partial charge in [-0.05, 0) is 67.3 Å². The van der Waals surface area contributed by atoms with E-state index in [1.807, 2.05) is 24.5 Å². The number of hydrogen-bond acceptors (Lipinski definition) is 3. The Kier molecular flexibility index (Phi) is 10.3. The van der Waals surface area contributed by atoms with Gasteiger partial charge in [0.2, 0.25) is 0 Å². The van der Waals surface area contributed by atoms with Gasteiger partial charge >= 0.3 is 0 Å². The Morgan fingerprint density at radius 3 is 2.00 bits per heavy atom. The fraction of sp³-hybridized carbons (Fsp3) is 0.643. The Balaban J connectivity index is 1.34. The molecule has 0 radical (unpaired) electrons. The van der Waals surface area contributed by atoms with Crippen LogP contribution in [-0.2, 0) is 6.42 Å². The van der Waals surface area contributed by atoms with E-state index in [-0.39, 0.29) is 0 Å². The number of aryl methyl sites for hydroxylation is 1. The van der Waals surface area contributed by atoms with Crippen molar-refractivity contribution >= 4 is 0 Å². The molecular formula is C28H42N2O. The summed E-state index contributed by atoms with van der Waals surface area (Å²) in [5, 5.41) is 0. The molecule has 0 spiro atoms. The first-order valence-corrected chi connectivity index (χ1v) is 12.8. The van der Waals surface area contributed by atoms with Crippen LogP contribution in [-0.4, -0.2) is 16.6 Å². The zero-order chi connectivity index (χ0) is 21.7. The van der Waals surface area contributed by atoms with Crippen molar-refractivity contribution in [3.8, 4) is 17.1 Å². The van der Waals surface area contributed by atoms with Gasteiger partial charge in [-0.15, -0.1) is 0 Å². The molecule has 3 rings (SSSR count). The van der Waals surface area contributed by atoms with E-state index in [2.05, 4.69) is 35.9 Å². The minimum absolute atomic E-state index is 0.792. The van der Waals surface area contributed by atoms with Gasteiger partial charge in [0.1, 0.15) is 5.75 Å². The van der Waals surface area contributed by atoms with Gasteiger partial charge in [0.05, 0.1) is 6.61 Å². The summed E-state index contributed by atoms with van der Waals surface area (Å²) >= 11 is 0. The number of unbranched alkanes of at least 4 members (excludes halogenated alkanes) is 3. The molecule has 1 aromatic carbocycles. The third-order valence-electron chi connectivity index (χ3n) is 6.84. The Morgan fingerprint density at radius 1 is 0.774 bits per heavy atom. The maximum atomic E-state index is 6.00. The second-order valence-electron chi connectivity index (χ2n) is 9.42. The van der Waals surface area contributed by atoms with Crippen molar-refractivity contribution in [1.82, 2.24) is 9.97 Å². The van der Waals surface area contributed by atoms with Crippen molar-refractivity contribution in [2.45, 2.75) is 97.3 Å². The summed E-state index contributed by atoms with van der Waals surface area (Å²) in [7, 11) is 0. The van der Waals surface area contributed by atoms with Crippen molar-refractivity contribution in [2.75, 3.05) is 6.61 Å². The highest BCUT2D eigenvalue weighted by atomic mass is 16.5. The van der Waals surface area contributed by atoms with Gasteiger partial charge in [-0.25, -0.2) is 9.97 Å². The lowest BCUT2D eigenvalue weighted by Gasteiger charge is -2.28. The maximum Gasteiger partial charge on any atom is 0.159 e. The summed E-state index contributed by atoms with van der Waals surface area (Å²) in [6.07, 6.45) is 21.2. The molecule has 1 heterocycles. The second-order valence-corrected chi connectivity index (χ2v) is 9.42. The smallest absolute Gasteiger partial charge is 0.159 e. The highest BCUT2D eigenvalue weighted by molar-refractivity contribution is 5.55. The molecule has 1 aliphatic rings. The molecule has 0 saturated heterocycles. The molecular weight excluding hydrogens is 380 g/mol. The lowest BCUT2D eigenvalue weighted by molar-refractivity contribution is 0.228. The molecule has 0 unspecified atom stereocenters. The zero-order valence-corrected chi connectivity index (χ0v) is 19.8. The van der Waals surface area contributed by atoms with Crippen LogP contribution < -0.4 is 4.74 Å². The first-order valence-electron chi connectivity index (χ1n) is 12.8. The van der Waals surface area contributed by atoms with Crippen molar-refractivity contribution in [3.05, 3.63) is 42.2 Å². The lowest BCUT2D eigenvalue weighted by atomic mass is 9.78. The molecule has 0 atom stereocenters. The molecule has 0 bridgehead atoms. The van der Waals surface area contributed by atoms with E-state index in [1.54, 1.807) is 0 Å². The molecule has 0 aliphatic heterocycles. The first-order chi connectivity index (χ1) is 15.3. The molecule has 31 heavy (non-hydrogen) atoms. The largest absolute Gasteiger partial charge is 0.494 e. The van der Waals surface area contributed by atoms with Crippen LogP contribution in [0.1, 0.15) is 96.5 Å². The fourth-order valence-corrected chi connectivity index (χ4v) is 4.78. The van der Waals surface area contributed by atoms with Crippen LogP contribution in [0.5, 0.6) is 5.75 Å². The van der Waals surface area contributed by atoms with Crippen LogP contribution >= 0.6 is 0 Å². The van der Waals surface area contributed by atoms with E-state index in [9.17, 15) is 0 Å². The molecule has 0 N–H and O–H groups in total. The average Bonchev–Trinajstić information content (AvgIpc) is 2.82. The van der Waals surface area contributed by atoms with Crippen LogP contribution in [0.2, 0.25) is 0 Å². The van der Waals surface area contributed by atoms with E-state index in [4.69, 9.17) is 4.74 Å². The van der Waals surface area contributed by atoms with Gasteiger partial charge in [0, 0.05) is 18.0 Å². The molecule has 2 aromatic rings. The van der Waals surface area contributed by atoms with Gasteiger partial charge < -0.3 is 4.74 Å². The average molecular weight is 423 g/mol. The molecule has 0 amide bonds. The standard InChI is InChI=1S/C28H42N2O/c1-3-5-7-10-25-21-29-28(30-22-25)26-16-18-27(19-17-26)31-20-8-11-24-14-12-23(13-15-24)9-6-4-2/h16-19,21-24H,3-15,20H2,1-2H3/t23-,24-. The predicted octanol–water partition coefficient (Wildman–Crippen LogP) is 8.03. The quantitative estimate of drug-likeness (QED) is 0.306. The molecule has 3 heteroatoms. The number of aromatic nitrogens is 2. The van der Waals surface area contributed by atoms with Crippen molar-refractivity contribution in [1.29, 1.82) is 0 Å². The maximum absolute atomic E-state index is 6.00. The number of nitrogens with zero attached hydrogens (tertiary/aromatic N) is 2. The van der Waals surface area contributed by atoms with Crippen LogP contribution in [0.4, 0.5) is 0 Å². The van der Waals surface area contributed by atoms with Crippen LogP contribution in [0.3, 0.4) is 0 Å². The van der Waals surface area contributed by atoms with Gasteiger partial charge in [0.25, 0.3) is 0 Å². The van der Waals surface area contributed by atoms with E-state index in [0.717, 1.165) is 48.4 Å². The minimum Gasteiger partial charge on any atom is -0.494 e. The minimum atomic E-state index is 0.792. The Hall–Kier alpha value is -1.90. The van der Waals surface area contributed by atoms with Crippen molar-refractivity contribution in [3.63, 3.8) is 0 Å². The van der Waals surface area contributed by atoms with E-state index < -0.39 is 0 Å². The zero-order valence-electron chi connectivity index (χ0n) is 19.8. The Morgan fingerprint density at radius 2 is 1.39 bits per heavy atom. The van der Waals surface area contributed by atoms with Gasteiger partial charge in [-0.2, -0.15) is 0 Å². The van der Waals surface area contributed by atoms with Crippen LogP contribution in [0, 0.1) is 11.8 Å². The molecule has 1 saturated carbocycles. The molecule has 1 aliphatic carbocycles. The van der Waals surface area contributed by atoms with Crippen LogP contribution in [0.25, 0.3) is 11.4 Å². The van der Waals surface area contributed by atoms with Gasteiger partial charge in [-0.1, -0.05) is 71.6 Å². The normalized spacial score (nSPS) is 18.8. The summed E-state index contributed by atoms with van der Waals surface area (Å²) in [5.74, 6) is 3.67. The highest BCUT2D eigenvalue weighted by Crippen LogP contribution is 2.34. The monoisotopic (exact) mass is 422 g/mol. The first kappa shape index (κ1) is 23.8. The Labute approximate surface area is 190 Å². The van der Waals surface area contributed by atoms with Crippen molar-refractivity contribution in [2.24, 2.45) is 11.8 Å². The predicted molar refractivity (Wildman–Crippen MR) is 130 cm³/mol. The fourth-order valence-electron chi connectivity index (χ4n) is 4.78. The SMILES string of the molecule is CCCCCc1cnc(-c2ccc(OCCC[C@H]3CC[C@H](CCCC)CC3)cc2)nc1. The molecule has 1 aromatic heterocycles. The third-order valence-corrected chi connectivity index (χ3v) is 6.84. The van der Waals surface area contributed by atoms with Crippen LogP contribution in [0.15, 0.2) is 36.7 Å². The van der Waals surface area contributed by atoms with Gasteiger partial charge in [0.15, 0.2) is 5.82 Å². The van der Waals surface area contributed by atoms with E-state index in [0.29, 0.717) is 0 Å². The van der Waals surface area contributed by atoms with E-state index >= 15 is 0 Å². The number of hydrogen-bond donors (Lipinski definition) is 0. The van der Waals surface area contributed by atoms with Crippen molar-refractivity contribution < 1.29 is 4.74 Å². The summed E-state index contributed by atoms with van der Waals surface area (Å²) in [6.45, 7) is 5.35. The van der Waals surface area contributed by atoms with E-state index in [1.165, 1.54) is 76.2 Å². The summed E-state index contributed by atoms with van der Waals surface area (Å²) in [5.41, 5.74) is 2.28. The molecule has 1 fully saturated rings. The number of ether oxygens (including phenoxy) is 1. The number of benzene rings is 1. The van der Waals surface area contributed by atoms with Gasteiger partial charge in [-0.3, -0.25) is 0 Å². The second kappa shape index (κ2) is 13.5. The highest BCUT2D eigenvalue weighted by Gasteiger charge is 2.20. The molecule has 3 nitrogen and oxygen atoms in total. The molecule has 170 valence electrons. The summed E-state index contributed by atoms with van der Waals surface area (Å²) < 4.78 is 6.00. The summed E-state index contributed by atoms with van der Waals surface area (Å²) in [4.78, 5) is 9.11. The topological polar surface area (TPSA) is 35.0 Å². The summed E-state index contributed by atoms with van der Waals surface area (Å²) in [6, 6.07) is 8.23. The third kappa shape index (κ3) is 8.27. The number of rotatable bonds is 13.